The van der Waals surface area contributed by atoms with Gasteiger partial charge in [0.2, 0.25) is 5.88 Å². The summed E-state index contributed by atoms with van der Waals surface area (Å²) in [6, 6.07) is 2.73. The van der Waals surface area contributed by atoms with Crippen molar-refractivity contribution < 1.29 is 32.7 Å². The van der Waals surface area contributed by atoms with Gasteiger partial charge >= 0.3 is 17.9 Å². The Kier molecular flexibility index (Phi) is 4.95. The average molecular weight is 359 g/mol. The monoisotopic (exact) mass is 359 g/mol. The van der Waals surface area contributed by atoms with E-state index in [1.165, 1.54) is 6.07 Å². The van der Waals surface area contributed by atoms with E-state index in [0.717, 1.165) is 26.4 Å². The Bertz CT molecular complexity index is 811. The molecule has 0 aliphatic carbocycles. The first kappa shape index (κ1) is 18.2. The molecule has 0 bridgehead atoms. The van der Waals surface area contributed by atoms with E-state index in [1.54, 1.807) is 0 Å². The normalized spacial score (nSPS) is 11.2. The zero-order chi connectivity index (χ0) is 18.8. The first-order valence-electron chi connectivity index (χ1n) is 6.69. The zero-order valence-corrected chi connectivity index (χ0v) is 13.0. The summed E-state index contributed by atoms with van der Waals surface area (Å²) in [5.41, 5.74) is -2.16. The number of aromatic nitrogens is 2. The topological polar surface area (TPSA) is 108 Å². The van der Waals surface area contributed by atoms with E-state index in [4.69, 9.17) is 4.74 Å². The molecule has 0 aliphatic heterocycles. The molecule has 1 aromatic carbocycles. The summed E-state index contributed by atoms with van der Waals surface area (Å²) in [6.45, 7) is 0. The van der Waals surface area contributed by atoms with Crippen LogP contribution in [0.4, 0.5) is 18.9 Å². The van der Waals surface area contributed by atoms with Gasteiger partial charge in [-0.05, 0) is 11.6 Å². The molecule has 134 valence electrons. The highest BCUT2D eigenvalue weighted by Gasteiger charge is 2.38. The van der Waals surface area contributed by atoms with Gasteiger partial charge in [0, 0.05) is 18.1 Å². The van der Waals surface area contributed by atoms with E-state index in [0.29, 0.717) is 0 Å². The van der Waals surface area contributed by atoms with Gasteiger partial charge in [0.15, 0.2) is 11.4 Å². The van der Waals surface area contributed by atoms with Gasteiger partial charge in [0.05, 0.1) is 19.1 Å². The molecule has 0 amide bonds. The summed E-state index contributed by atoms with van der Waals surface area (Å²) in [7, 11) is 2.24. The fourth-order valence-electron chi connectivity index (χ4n) is 2.13. The van der Waals surface area contributed by atoms with E-state index < -0.39 is 46.2 Å². The standard InChI is InChI=1S/C14H12F3N3O5/c1-24-12-8(11(14(15,16)17)18-13(19-12)25-2)5-7-3-4-10(21)9(6-7)20(22)23/h3-4,6,21H,5H2,1-2H3. The summed E-state index contributed by atoms with van der Waals surface area (Å²) in [4.78, 5) is 17.1. The molecule has 0 spiro atoms. The van der Waals surface area contributed by atoms with Crippen molar-refractivity contribution in [3.8, 4) is 17.6 Å². The molecule has 0 radical (unpaired) electrons. The molecule has 1 heterocycles. The Labute approximate surface area is 139 Å². The predicted molar refractivity (Wildman–Crippen MR) is 77.7 cm³/mol. The second kappa shape index (κ2) is 6.79. The van der Waals surface area contributed by atoms with Gasteiger partial charge in [-0.1, -0.05) is 6.07 Å². The largest absolute Gasteiger partial charge is 0.502 e. The second-order valence-electron chi connectivity index (χ2n) is 4.80. The molecule has 1 aromatic heterocycles. The molecule has 0 saturated heterocycles. The van der Waals surface area contributed by atoms with Gasteiger partial charge in [-0.25, -0.2) is 0 Å². The van der Waals surface area contributed by atoms with Crippen molar-refractivity contribution in [2.45, 2.75) is 12.6 Å². The van der Waals surface area contributed by atoms with Crippen molar-refractivity contribution >= 4 is 5.69 Å². The number of nitro benzene ring substituents is 1. The fraction of sp³-hybridized carbons (Fsp3) is 0.286. The minimum absolute atomic E-state index is 0.141. The van der Waals surface area contributed by atoms with E-state index in [2.05, 4.69) is 14.7 Å². The molecule has 0 atom stereocenters. The molecule has 0 fully saturated rings. The Balaban J connectivity index is 2.59. The molecule has 0 aliphatic rings. The van der Waals surface area contributed by atoms with Gasteiger partial charge in [-0.2, -0.15) is 23.1 Å². The van der Waals surface area contributed by atoms with Crippen LogP contribution in [0.15, 0.2) is 18.2 Å². The maximum absolute atomic E-state index is 13.3. The third-order valence-electron chi connectivity index (χ3n) is 3.21. The summed E-state index contributed by atoms with van der Waals surface area (Å²) in [5.74, 6) is -0.961. The molecular weight excluding hydrogens is 347 g/mol. The molecule has 11 heteroatoms. The highest BCUT2D eigenvalue weighted by Crippen LogP contribution is 2.37. The smallest absolute Gasteiger partial charge is 0.434 e. The Hall–Kier alpha value is -3.11. The molecule has 2 rings (SSSR count). The van der Waals surface area contributed by atoms with Crippen LogP contribution in [0.25, 0.3) is 0 Å². The van der Waals surface area contributed by atoms with Crippen molar-refractivity contribution in [3.63, 3.8) is 0 Å². The van der Waals surface area contributed by atoms with Crippen LogP contribution in [0, 0.1) is 10.1 Å². The van der Waals surface area contributed by atoms with Gasteiger partial charge in [0.25, 0.3) is 0 Å². The van der Waals surface area contributed by atoms with Crippen LogP contribution >= 0.6 is 0 Å². The number of benzene rings is 1. The molecular formula is C14H12F3N3O5. The highest BCUT2D eigenvalue weighted by molar-refractivity contribution is 5.49. The fourth-order valence-corrected chi connectivity index (χ4v) is 2.13. The highest BCUT2D eigenvalue weighted by atomic mass is 19.4. The van der Waals surface area contributed by atoms with Gasteiger partial charge in [0.1, 0.15) is 0 Å². The van der Waals surface area contributed by atoms with E-state index >= 15 is 0 Å². The third kappa shape index (κ3) is 3.87. The number of aromatic hydroxyl groups is 1. The number of rotatable bonds is 5. The van der Waals surface area contributed by atoms with E-state index in [1.807, 2.05) is 0 Å². The van der Waals surface area contributed by atoms with Crippen molar-refractivity contribution in [1.29, 1.82) is 0 Å². The minimum atomic E-state index is -4.82. The van der Waals surface area contributed by atoms with Crippen molar-refractivity contribution in [2.24, 2.45) is 0 Å². The van der Waals surface area contributed by atoms with Crippen LogP contribution in [0.1, 0.15) is 16.8 Å². The Morgan fingerprint density at radius 3 is 2.44 bits per heavy atom. The van der Waals surface area contributed by atoms with E-state index in [9.17, 15) is 28.4 Å². The van der Waals surface area contributed by atoms with Crippen LogP contribution in [0.5, 0.6) is 17.6 Å². The Morgan fingerprint density at radius 2 is 1.92 bits per heavy atom. The molecule has 25 heavy (non-hydrogen) atoms. The van der Waals surface area contributed by atoms with Crippen LogP contribution < -0.4 is 9.47 Å². The van der Waals surface area contributed by atoms with Crippen molar-refractivity contribution in [3.05, 3.63) is 45.1 Å². The van der Waals surface area contributed by atoms with Crippen molar-refractivity contribution in [2.75, 3.05) is 14.2 Å². The van der Waals surface area contributed by atoms with Crippen LogP contribution in [-0.2, 0) is 12.6 Å². The Morgan fingerprint density at radius 1 is 1.24 bits per heavy atom. The lowest BCUT2D eigenvalue weighted by Gasteiger charge is -2.15. The summed E-state index contributed by atoms with van der Waals surface area (Å²) in [5, 5.41) is 20.3. The number of nitro groups is 1. The first-order valence-corrected chi connectivity index (χ1v) is 6.69. The lowest BCUT2D eigenvalue weighted by atomic mass is 10.0. The minimum Gasteiger partial charge on any atom is -0.502 e. The number of methoxy groups -OCH3 is 2. The van der Waals surface area contributed by atoms with Gasteiger partial charge in [-0.3, -0.25) is 10.1 Å². The van der Waals surface area contributed by atoms with Gasteiger partial charge in [-0.15, -0.1) is 0 Å². The number of phenols is 1. The predicted octanol–water partition coefficient (Wildman–Crippen LogP) is 2.72. The SMILES string of the molecule is COc1nc(OC)c(Cc2ccc(O)c([N+](=O)[O-])c2)c(C(F)(F)F)n1. The molecule has 0 saturated carbocycles. The quantitative estimate of drug-likeness (QED) is 0.646. The number of ether oxygens (including phenoxy) is 2. The average Bonchev–Trinajstić information content (AvgIpc) is 2.55. The zero-order valence-electron chi connectivity index (χ0n) is 13.0. The second-order valence-corrected chi connectivity index (χ2v) is 4.80. The van der Waals surface area contributed by atoms with Crippen molar-refractivity contribution in [1.82, 2.24) is 9.97 Å². The summed E-state index contributed by atoms with van der Waals surface area (Å²) in [6.07, 6.45) is -5.22. The number of hydrogen-bond acceptors (Lipinski definition) is 7. The first-order chi connectivity index (χ1) is 11.7. The number of phenolic OH excluding ortho intramolecular Hbond substituents is 1. The molecule has 0 unspecified atom stereocenters. The molecule has 2 aromatic rings. The van der Waals surface area contributed by atoms with Gasteiger partial charge < -0.3 is 14.6 Å². The third-order valence-corrected chi connectivity index (χ3v) is 3.21. The number of alkyl halides is 3. The molecule has 8 nitrogen and oxygen atoms in total. The molecule has 1 N–H and O–H groups in total. The van der Waals surface area contributed by atoms with Crippen LogP contribution in [0.3, 0.4) is 0 Å². The summed E-state index contributed by atoms with van der Waals surface area (Å²) >= 11 is 0. The maximum Gasteiger partial charge on any atom is 0.434 e. The summed E-state index contributed by atoms with van der Waals surface area (Å²) < 4.78 is 49.4. The maximum atomic E-state index is 13.3. The lowest BCUT2D eigenvalue weighted by molar-refractivity contribution is -0.385. The number of nitrogens with zero attached hydrogens (tertiary/aromatic N) is 3. The van der Waals surface area contributed by atoms with Crippen LogP contribution in [0.2, 0.25) is 0 Å². The van der Waals surface area contributed by atoms with Crippen LogP contribution in [-0.4, -0.2) is 34.2 Å². The lowest BCUT2D eigenvalue weighted by Crippen LogP contribution is -2.15. The number of hydrogen-bond donors (Lipinski definition) is 1. The van der Waals surface area contributed by atoms with E-state index in [-0.39, 0.29) is 11.4 Å². The number of halogens is 3.